The van der Waals surface area contributed by atoms with Crippen LogP contribution in [-0.4, -0.2) is 16.7 Å². The molecule has 0 aliphatic heterocycles. The van der Waals surface area contributed by atoms with Gasteiger partial charge in [-0.2, -0.15) is 0 Å². The molecule has 0 N–H and O–H groups in total. The fourth-order valence-electron chi connectivity index (χ4n) is 2.31. The SMILES string of the molecule is COc1ccc(-n2c(C)nc3cc(Cl)ccc3c2=O)cc1. The summed E-state index contributed by atoms with van der Waals surface area (Å²) >= 11 is 5.95. The fourth-order valence-corrected chi connectivity index (χ4v) is 2.47. The summed E-state index contributed by atoms with van der Waals surface area (Å²) in [6, 6.07) is 12.4. The third-order valence-corrected chi connectivity index (χ3v) is 3.56. The minimum atomic E-state index is -0.112. The molecule has 3 rings (SSSR count). The normalized spacial score (nSPS) is 10.8. The van der Waals surface area contributed by atoms with Gasteiger partial charge in [0.2, 0.25) is 0 Å². The first-order valence-corrected chi connectivity index (χ1v) is 6.81. The third kappa shape index (κ3) is 2.38. The largest absolute Gasteiger partial charge is 0.497 e. The van der Waals surface area contributed by atoms with Crippen molar-refractivity contribution < 1.29 is 4.74 Å². The van der Waals surface area contributed by atoms with Crippen molar-refractivity contribution in [3.8, 4) is 11.4 Å². The smallest absolute Gasteiger partial charge is 0.265 e. The molecule has 2 aromatic carbocycles. The molecular weight excluding hydrogens is 288 g/mol. The molecular formula is C16H13ClN2O2. The average molecular weight is 301 g/mol. The Balaban J connectivity index is 2.26. The molecule has 0 amide bonds. The topological polar surface area (TPSA) is 44.1 Å². The standard InChI is InChI=1S/C16H13ClN2O2/c1-10-18-15-9-11(17)3-8-14(15)16(20)19(10)12-4-6-13(21-2)7-5-12/h3-9H,1-2H3. The Kier molecular flexibility index (Phi) is 3.39. The summed E-state index contributed by atoms with van der Waals surface area (Å²) < 4.78 is 6.71. The second-order valence-electron chi connectivity index (χ2n) is 4.66. The van der Waals surface area contributed by atoms with Gasteiger partial charge in [-0.3, -0.25) is 9.36 Å². The Morgan fingerprint density at radius 2 is 1.86 bits per heavy atom. The van der Waals surface area contributed by atoms with Crippen LogP contribution in [0.1, 0.15) is 5.82 Å². The molecule has 0 spiro atoms. The Hall–Kier alpha value is -2.33. The van der Waals surface area contributed by atoms with E-state index in [1.54, 1.807) is 36.8 Å². The number of aromatic nitrogens is 2. The van der Waals surface area contributed by atoms with Crippen LogP contribution in [0.25, 0.3) is 16.6 Å². The lowest BCUT2D eigenvalue weighted by atomic mass is 10.2. The average Bonchev–Trinajstić information content (AvgIpc) is 2.47. The Labute approximate surface area is 126 Å². The molecule has 0 atom stereocenters. The summed E-state index contributed by atoms with van der Waals surface area (Å²) in [6.07, 6.45) is 0. The number of benzene rings is 2. The maximum absolute atomic E-state index is 12.7. The Morgan fingerprint density at radius 3 is 2.52 bits per heavy atom. The van der Waals surface area contributed by atoms with E-state index < -0.39 is 0 Å². The summed E-state index contributed by atoms with van der Waals surface area (Å²) in [4.78, 5) is 17.1. The molecule has 21 heavy (non-hydrogen) atoms. The fraction of sp³-hybridized carbons (Fsp3) is 0.125. The zero-order chi connectivity index (χ0) is 15.0. The van der Waals surface area contributed by atoms with Crippen molar-refractivity contribution in [2.75, 3.05) is 7.11 Å². The minimum Gasteiger partial charge on any atom is -0.497 e. The maximum Gasteiger partial charge on any atom is 0.265 e. The van der Waals surface area contributed by atoms with Gasteiger partial charge in [0.1, 0.15) is 11.6 Å². The van der Waals surface area contributed by atoms with Gasteiger partial charge in [0, 0.05) is 5.02 Å². The number of nitrogens with zero attached hydrogens (tertiary/aromatic N) is 2. The summed E-state index contributed by atoms with van der Waals surface area (Å²) in [5.41, 5.74) is 1.25. The van der Waals surface area contributed by atoms with Crippen molar-refractivity contribution in [1.82, 2.24) is 9.55 Å². The van der Waals surface area contributed by atoms with Crippen LogP contribution in [0, 0.1) is 6.92 Å². The number of aryl methyl sites for hydroxylation is 1. The van der Waals surface area contributed by atoms with E-state index in [-0.39, 0.29) is 5.56 Å². The number of ether oxygens (including phenoxy) is 1. The summed E-state index contributed by atoms with van der Waals surface area (Å²) in [6.45, 7) is 1.80. The number of hydrogen-bond donors (Lipinski definition) is 0. The van der Waals surface area contributed by atoms with Gasteiger partial charge in [0.15, 0.2) is 0 Å². The van der Waals surface area contributed by atoms with Crippen molar-refractivity contribution in [1.29, 1.82) is 0 Å². The first kappa shape index (κ1) is 13.6. The van der Waals surface area contributed by atoms with Crippen molar-refractivity contribution in [2.24, 2.45) is 0 Å². The van der Waals surface area contributed by atoms with Crippen molar-refractivity contribution in [2.45, 2.75) is 6.92 Å². The van der Waals surface area contributed by atoms with E-state index in [0.717, 1.165) is 11.4 Å². The van der Waals surface area contributed by atoms with Crippen LogP contribution < -0.4 is 10.3 Å². The van der Waals surface area contributed by atoms with Crippen LogP contribution in [0.5, 0.6) is 5.75 Å². The quantitative estimate of drug-likeness (QED) is 0.729. The van der Waals surface area contributed by atoms with Crippen LogP contribution in [0.4, 0.5) is 0 Å². The van der Waals surface area contributed by atoms with Crippen molar-refractivity contribution in [3.63, 3.8) is 0 Å². The molecule has 0 saturated carbocycles. The molecule has 0 aliphatic rings. The number of hydrogen-bond acceptors (Lipinski definition) is 3. The molecule has 0 saturated heterocycles. The van der Waals surface area contributed by atoms with Gasteiger partial charge in [-0.05, 0) is 49.4 Å². The first-order chi connectivity index (χ1) is 10.1. The van der Waals surface area contributed by atoms with E-state index in [1.807, 2.05) is 24.3 Å². The van der Waals surface area contributed by atoms with Crippen LogP contribution in [-0.2, 0) is 0 Å². The van der Waals surface area contributed by atoms with E-state index >= 15 is 0 Å². The lowest BCUT2D eigenvalue weighted by Crippen LogP contribution is -2.22. The molecule has 1 aromatic heterocycles. The number of methoxy groups -OCH3 is 1. The third-order valence-electron chi connectivity index (χ3n) is 3.33. The Morgan fingerprint density at radius 1 is 1.14 bits per heavy atom. The highest BCUT2D eigenvalue weighted by atomic mass is 35.5. The van der Waals surface area contributed by atoms with Gasteiger partial charge in [-0.15, -0.1) is 0 Å². The van der Waals surface area contributed by atoms with Crippen molar-refractivity contribution in [3.05, 3.63) is 63.7 Å². The van der Waals surface area contributed by atoms with E-state index in [0.29, 0.717) is 21.7 Å². The zero-order valence-corrected chi connectivity index (χ0v) is 12.4. The number of halogens is 1. The van der Waals surface area contributed by atoms with E-state index in [2.05, 4.69) is 4.98 Å². The zero-order valence-electron chi connectivity index (χ0n) is 11.6. The molecule has 0 aliphatic carbocycles. The van der Waals surface area contributed by atoms with Crippen LogP contribution in [0.15, 0.2) is 47.3 Å². The minimum absolute atomic E-state index is 0.112. The molecule has 0 bridgehead atoms. The number of fused-ring (bicyclic) bond motifs is 1. The second kappa shape index (κ2) is 5.22. The lowest BCUT2D eigenvalue weighted by Gasteiger charge is -2.11. The maximum atomic E-state index is 12.7. The van der Waals surface area contributed by atoms with Gasteiger partial charge in [-0.1, -0.05) is 11.6 Å². The van der Waals surface area contributed by atoms with Gasteiger partial charge < -0.3 is 4.74 Å². The molecule has 5 heteroatoms. The molecule has 0 unspecified atom stereocenters. The van der Waals surface area contributed by atoms with Gasteiger partial charge >= 0.3 is 0 Å². The molecule has 106 valence electrons. The molecule has 0 radical (unpaired) electrons. The highest BCUT2D eigenvalue weighted by molar-refractivity contribution is 6.31. The molecule has 3 aromatic rings. The second-order valence-corrected chi connectivity index (χ2v) is 5.10. The van der Waals surface area contributed by atoms with Crippen molar-refractivity contribution >= 4 is 22.5 Å². The van der Waals surface area contributed by atoms with Gasteiger partial charge in [-0.25, -0.2) is 4.98 Å². The predicted molar refractivity (Wildman–Crippen MR) is 83.6 cm³/mol. The molecule has 0 fully saturated rings. The lowest BCUT2D eigenvalue weighted by molar-refractivity contribution is 0.414. The van der Waals surface area contributed by atoms with Crippen LogP contribution in [0.2, 0.25) is 5.02 Å². The van der Waals surface area contributed by atoms with Crippen LogP contribution >= 0.6 is 11.6 Å². The predicted octanol–water partition coefficient (Wildman–Crippen LogP) is 3.36. The highest BCUT2D eigenvalue weighted by Crippen LogP contribution is 2.18. The monoisotopic (exact) mass is 300 g/mol. The van der Waals surface area contributed by atoms with E-state index in [4.69, 9.17) is 16.3 Å². The molecule has 4 nitrogen and oxygen atoms in total. The van der Waals surface area contributed by atoms with Gasteiger partial charge in [0.05, 0.1) is 23.7 Å². The summed E-state index contributed by atoms with van der Waals surface area (Å²) in [5, 5.41) is 1.11. The highest BCUT2D eigenvalue weighted by Gasteiger charge is 2.10. The molecule has 1 heterocycles. The first-order valence-electron chi connectivity index (χ1n) is 6.43. The van der Waals surface area contributed by atoms with Gasteiger partial charge in [0.25, 0.3) is 5.56 Å². The van der Waals surface area contributed by atoms with Crippen LogP contribution in [0.3, 0.4) is 0 Å². The number of rotatable bonds is 2. The summed E-state index contributed by atoms with van der Waals surface area (Å²) in [5.74, 6) is 1.35. The Bertz CT molecular complexity index is 870. The van der Waals surface area contributed by atoms with E-state index in [1.165, 1.54) is 0 Å². The summed E-state index contributed by atoms with van der Waals surface area (Å²) in [7, 11) is 1.60. The van der Waals surface area contributed by atoms with E-state index in [9.17, 15) is 4.79 Å².